The second-order valence-corrected chi connectivity index (χ2v) is 6.44. The van der Waals surface area contributed by atoms with E-state index in [2.05, 4.69) is 22.1 Å². The molecule has 0 N–H and O–H groups in total. The molecule has 0 saturated heterocycles. The van der Waals surface area contributed by atoms with Crippen LogP contribution in [0.2, 0.25) is 0 Å². The molecule has 5 aromatic rings. The molecule has 0 fully saturated rings. The van der Waals surface area contributed by atoms with E-state index in [0.717, 1.165) is 44.2 Å². The number of pyridine rings is 2. The first kappa shape index (κ1) is 19.1. The molecule has 0 aliphatic rings. The zero-order chi connectivity index (χ0) is 18.8. The second kappa shape index (κ2) is 8.42. The number of fused-ring (bicyclic) bond motifs is 1. The van der Waals surface area contributed by atoms with E-state index in [0.29, 0.717) is 0 Å². The minimum Gasteiger partial charge on any atom is -0.662 e. The van der Waals surface area contributed by atoms with E-state index in [9.17, 15) is 0 Å². The Balaban J connectivity index is 0.00000205. The van der Waals surface area contributed by atoms with Gasteiger partial charge in [0, 0.05) is 11.9 Å². The molecular formula is C24H16N4Pt. The van der Waals surface area contributed by atoms with Gasteiger partial charge in [-0.25, -0.2) is 0 Å². The largest absolute Gasteiger partial charge is 2.00 e. The molecule has 0 saturated carbocycles. The van der Waals surface area contributed by atoms with E-state index in [1.807, 2.05) is 72.8 Å². The summed E-state index contributed by atoms with van der Waals surface area (Å²) < 4.78 is 0. The maximum Gasteiger partial charge on any atom is 2.00 e. The molecule has 4 nitrogen and oxygen atoms in total. The first-order valence-electron chi connectivity index (χ1n) is 9.08. The van der Waals surface area contributed by atoms with Gasteiger partial charge in [0.15, 0.2) is 0 Å². The van der Waals surface area contributed by atoms with E-state index in [-0.39, 0.29) is 21.1 Å². The van der Waals surface area contributed by atoms with Gasteiger partial charge in [-0.2, -0.15) is 6.20 Å². The molecule has 0 unspecified atom stereocenters. The third kappa shape index (κ3) is 3.98. The average molecular weight is 555 g/mol. The van der Waals surface area contributed by atoms with Crippen LogP contribution in [-0.2, 0) is 21.1 Å². The normalized spacial score (nSPS) is 12.3. The van der Waals surface area contributed by atoms with Crippen molar-refractivity contribution in [3.05, 3.63) is 107 Å². The van der Waals surface area contributed by atoms with Gasteiger partial charge in [-0.05, 0) is 35.0 Å². The number of aromatic nitrogens is 4. The van der Waals surface area contributed by atoms with Crippen molar-refractivity contribution in [2.45, 2.75) is 0 Å². The molecule has 0 amide bonds. The van der Waals surface area contributed by atoms with E-state index in [4.69, 9.17) is 9.97 Å². The molecule has 29 heavy (non-hydrogen) atoms. The Morgan fingerprint density at radius 2 is 1.41 bits per heavy atom. The Hall–Kier alpha value is -3.23. The standard InChI is InChI=1S/C24H16N4.Pt/c1-2-10-20-19(9-1)23(15-17-7-3-4-13-25-17)28-24(20)16-18-8-5-11-22(27-18)21-12-6-14-26-21;/h1-16H;/q-2;+2. The first-order chi connectivity index (χ1) is 13.9. The van der Waals surface area contributed by atoms with Crippen molar-refractivity contribution in [3.8, 4) is 11.4 Å². The van der Waals surface area contributed by atoms with Gasteiger partial charge >= 0.3 is 21.1 Å². The third-order valence-electron chi connectivity index (χ3n) is 4.56. The molecule has 4 heterocycles. The topological polar surface area (TPSA) is 54.0 Å². The number of nitrogens with zero attached hydrogens (tertiary/aromatic N) is 4. The van der Waals surface area contributed by atoms with Crippen molar-refractivity contribution < 1.29 is 21.1 Å². The molecule has 5 rings (SSSR count). The predicted molar refractivity (Wildman–Crippen MR) is 111 cm³/mol. The molecule has 1 aromatic carbocycles. The SMILES string of the molecule is C(c1ccccn1)=c1[n-]c(=Cc2cccc(-c3ccc[n-]3)n2)c2ccccc12.[Pt+2]. The molecule has 0 aliphatic heterocycles. The minimum absolute atomic E-state index is 0. The Morgan fingerprint density at radius 1 is 0.690 bits per heavy atom. The third-order valence-corrected chi connectivity index (χ3v) is 4.56. The van der Waals surface area contributed by atoms with Gasteiger partial charge in [0.05, 0.1) is 11.4 Å². The number of benzene rings is 1. The van der Waals surface area contributed by atoms with Crippen molar-refractivity contribution in [1.29, 1.82) is 0 Å². The summed E-state index contributed by atoms with van der Waals surface area (Å²) in [4.78, 5) is 18.3. The van der Waals surface area contributed by atoms with Crippen LogP contribution in [0.25, 0.3) is 34.3 Å². The summed E-state index contributed by atoms with van der Waals surface area (Å²) in [7, 11) is 0. The van der Waals surface area contributed by atoms with E-state index >= 15 is 0 Å². The zero-order valence-electron chi connectivity index (χ0n) is 15.3. The van der Waals surface area contributed by atoms with Crippen LogP contribution >= 0.6 is 0 Å². The zero-order valence-corrected chi connectivity index (χ0v) is 17.6. The van der Waals surface area contributed by atoms with Crippen molar-refractivity contribution >= 4 is 22.9 Å². The van der Waals surface area contributed by atoms with Crippen LogP contribution in [0.4, 0.5) is 0 Å². The van der Waals surface area contributed by atoms with E-state index in [1.165, 1.54) is 0 Å². The summed E-state index contributed by atoms with van der Waals surface area (Å²) >= 11 is 0. The number of rotatable bonds is 3. The van der Waals surface area contributed by atoms with Crippen LogP contribution in [0.5, 0.6) is 0 Å². The van der Waals surface area contributed by atoms with Crippen LogP contribution in [0.15, 0.2) is 85.2 Å². The summed E-state index contributed by atoms with van der Waals surface area (Å²) in [6.45, 7) is 0. The van der Waals surface area contributed by atoms with Crippen molar-refractivity contribution in [3.63, 3.8) is 0 Å². The quantitative estimate of drug-likeness (QED) is 0.344. The summed E-state index contributed by atoms with van der Waals surface area (Å²) in [5.74, 6) is 0. The molecule has 0 atom stereocenters. The Kier molecular flexibility index (Phi) is 5.54. The maximum atomic E-state index is 4.87. The molecule has 0 aliphatic carbocycles. The van der Waals surface area contributed by atoms with Crippen LogP contribution in [0.3, 0.4) is 0 Å². The molecule has 0 spiro atoms. The number of hydrogen-bond acceptors (Lipinski definition) is 2. The van der Waals surface area contributed by atoms with Crippen LogP contribution in [0, 0.1) is 0 Å². The van der Waals surface area contributed by atoms with Crippen LogP contribution < -0.4 is 20.7 Å². The van der Waals surface area contributed by atoms with Crippen molar-refractivity contribution in [1.82, 2.24) is 19.9 Å². The maximum absolute atomic E-state index is 4.87. The van der Waals surface area contributed by atoms with Gasteiger partial charge in [0.25, 0.3) is 0 Å². The fourth-order valence-electron chi connectivity index (χ4n) is 3.27. The number of hydrogen-bond donors (Lipinski definition) is 0. The van der Waals surface area contributed by atoms with Gasteiger partial charge in [-0.15, -0.1) is 16.4 Å². The molecule has 0 bridgehead atoms. The smallest absolute Gasteiger partial charge is 0.662 e. The van der Waals surface area contributed by atoms with E-state index < -0.39 is 0 Å². The predicted octanol–water partition coefficient (Wildman–Crippen LogP) is 2.87. The summed E-state index contributed by atoms with van der Waals surface area (Å²) in [5.41, 5.74) is 3.47. The molecular weight excluding hydrogens is 539 g/mol. The fraction of sp³-hybridized carbons (Fsp3) is 0. The van der Waals surface area contributed by atoms with Crippen LogP contribution in [-0.4, -0.2) is 9.97 Å². The van der Waals surface area contributed by atoms with Gasteiger partial charge in [0.1, 0.15) is 0 Å². The van der Waals surface area contributed by atoms with Crippen molar-refractivity contribution in [2.24, 2.45) is 0 Å². The van der Waals surface area contributed by atoms with Crippen LogP contribution in [0.1, 0.15) is 11.4 Å². The first-order valence-corrected chi connectivity index (χ1v) is 9.08. The second-order valence-electron chi connectivity index (χ2n) is 6.44. The monoisotopic (exact) mass is 555 g/mol. The molecule has 5 heteroatoms. The average Bonchev–Trinajstić information content (AvgIpc) is 3.39. The Labute approximate surface area is 182 Å². The molecule has 4 aromatic heterocycles. The van der Waals surface area contributed by atoms with Gasteiger partial charge in [-0.1, -0.05) is 60.7 Å². The summed E-state index contributed by atoms with van der Waals surface area (Å²) in [6.07, 6.45) is 7.60. The Bertz CT molecular complexity index is 1350. The Morgan fingerprint density at radius 3 is 2.10 bits per heavy atom. The summed E-state index contributed by atoms with van der Waals surface area (Å²) in [5, 5.41) is 4.02. The van der Waals surface area contributed by atoms with Gasteiger partial charge in [0.2, 0.25) is 0 Å². The summed E-state index contributed by atoms with van der Waals surface area (Å²) in [6, 6.07) is 23.9. The van der Waals surface area contributed by atoms with Gasteiger partial charge in [-0.3, -0.25) is 9.97 Å². The van der Waals surface area contributed by atoms with E-state index in [1.54, 1.807) is 12.4 Å². The van der Waals surface area contributed by atoms with Gasteiger partial charge < -0.3 is 9.97 Å². The molecule has 0 radical (unpaired) electrons. The molecule has 142 valence electrons. The minimum atomic E-state index is 0. The van der Waals surface area contributed by atoms with Crippen molar-refractivity contribution in [2.75, 3.05) is 0 Å². The fourth-order valence-corrected chi connectivity index (χ4v) is 3.27.